The van der Waals surface area contributed by atoms with Crippen molar-refractivity contribution >= 4 is 5.52 Å². The zero-order valence-corrected chi connectivity index (χ0v) is 12.9. The topological polar surface area (TPSA) is 20.5 Å². The fourth-order valence-electron chi connectivity index (χ4n) is 2.71. The minimum absolute atomic E-state index is 0.923. The molecule has 3 aromatic rings. The smallest absolute Gasteiger partial charge is 0.0942 e. The second-order valence-corrected chi connectivity index (χ2v) is 5.65. The Kier molecular flexibility index (Phi) is 3.76. The van der Waals surface area contributed by atoms with Crippen molar-refractivity contribution < 1.29 is 0 Å². The Labute approximate surface area is 125 Å². The van der Waals surface area contributed by atoms with Gasteiger partial charge in [0.2, 0.25) is 0 Å². The van der Waals surface area contributed by atoms with Gasteiger partial charge in [-0.2, -0.15) is 0 Å². The van der Waals surface area contributed by atoms with Gasteiger partial charge in [0.05, 0.1) is 11.2 Å². The normalized spacial score (nSPS) is 11.4. The van der Waals surface area contributed by atoms with E-state index in [0.29, 0.717) is 0 Å². The first-order chi connectivity index (χ1) is 10.2. The van der Waals surface area contributed by atoms with Crippen molar-refractivity contribution in [1.82, 2.24) is 14.3 Å². The second kappa shape index (κ2) is 5.70. The van der Waals surface area contributed by atoms with Crippen LogP contribution in [0.3, 0.4) is 0 Å². The first-order valence-corrected chi connectivity index (χ1v) is 7.38. The van der Waals surface area contributed by atoms with Crippen LogP contribution in [0.5, 0.6) is 0 Å². The van der Waals surface area contributed by atoms with Crippen molar-refractivity contribution in [3.05, 3.63) is 60.0 Å². The number of benzene rings is 1. The Morgan fingerprint density at radius 1 is 1.14 bits per heavy atom. The highest BCUT2D eigenvalue weighted by molar-refractivity contribution is 5.77. The molecular weight excluding hydrogens is 258 g/mol. The van der Waals surface area contributed by atoms with Crippen LogP contribution in [-0.2, 0) is 13.0 Å². The Morgan fingerprint density at radius 3 is 2.76 bits per heavy atom. The number of nitrogens with zero attached hydrogens (tertiary/aromatic N) is 3. The molecule has 0 saturated carbocycles. The third-order valence-electron chi connectivity index (χ3n) is 3.75. The fourth-order valence-corrected chi connectivity index (χ4v) is 2.71. The van der Waals surface area contributed by atoms with E-state index < -0.39 is 0 Å². The van der Waals surface area contributed by atoms with Crippen LogP contribution in [0.4, 0.5) is 0 Å². The molecule has 0 atom stereocenters. The summed E-state index contributed by atoms with van der Waals surface area (Å²) >= 11 is 0. The van der Waals surface area contributed by atoms with Crippen LogP contribution >= 0.6 is 0 Å². The summed E-state index contributed by atoms with van der Waals surface area (Å²) in [4.78, 5) is 6.79. The van der Waals surface area contributed by atoms with E-state index in [1.54, 1.807) is 0 Å². The summed E-state index contributed by atoms with van der Waals surface area (Å²) in [6.45, 7) is 3.10. The monoisotopic (exact) mass is 279 g/mol. The van der Waals surface area contributed by atoms with E-state index >= 15 is 0 Å². The molecule has 2 aromatic heterocycles. The molecule has 0 spiro atoms. The first kappa shape index (κ1) is 13.8. The van der Waals surface area contributed by atoms with Crippen molar-refractivity contribution in [3.8, 4) is 11.3 Å². The molecule has 1 aromatic carbocycles. The quantitative estimate of drug-likeness (QED) is 0.727. The number of fused-ring (bicyclic) bond motifs is 1. The van der Waals surface area contributed by atoms with Crippen LogP contribution in [0.2, 0.25) is 0 Å². The summed E-state index contributed by atoms with van der Waals surface area (Å²) in [5.74, 6) is 0. The lowest BCUT2D eigenvalue weighted by atomic mass is 10.1. The average molecular weight is 279 g/mol. The van der Waals surface area contributed by atoms with Crippen LogP contribution in [0.1, 0.15) is 18.2 Å². The van der Waals surface area contributed by atoms with Crippen molar-refractivity contribution in [3.63, 3.8) is 0 Å². The highest BCUT2D eigenvalue weighted by Crippen LogP contribution is 2.25. The molecule has 0 saturated heterocycles. The lowest BCUT2D eigenvalue weighted by molar-refractivity contribution is 0.395. The van der Waals surface area contributed by atoms with Gasteiger partial charge in [-0.1, -0.05) is 25.1 Å². The molecule has 0 N–H and O–H groups in total. The van der Waals surface area contributed by atoms with Gasteiger partial charge in [0, 0.05) is 30.2 Å². The lowest BCUT2D eigenvalue weighted by Gasteiger charge is -2.11. The third-order valence-corrected chi connectivity index (χ3v) is 3.75. The molecule has 0 unspecified atom stereocenters. The van der Waals surface area contributed by atoms with E-state index in [2.05, 4.69) is 71.7 Å². The van der Waals surface area contributed by atoms with Gasteiger partial charge in [0.1, 0.15) is 0 Å². The summed E-state index contributed by atoms with van der Waals surface area (Å²) in [5, 5.41) is 0. The molecule has 21 heavy (non-hydrogen) atoms. The van der Waals surface area contributed by atoms with E-state index in [-0.39, 0.29) is 0 Å². The van der Waals surface area contributed by atoms with E-state index in [0.717, 1.165) is 18.7 Å². The summed E-state index contributed by atoms with van der Waals surface area (Å²) in [5.41, 5.74) is 6.04. The van der Waals surface area contributed by atoms with Crippen molar-refractivity contribution in [2.45, 2.75) is 19.9 Å². The van der Waals surface area contributed by atoms with Crippen LogP contribution in [0.25, 0.3) is 16.8 Å². The summed E-state index contributed by atoms with van der Waals surface area (Å²) < 4.78 is 2.24. The molecule has 3 rings (SSSR count). The molecule has 0 bridgehead atoms. The number of aromatic nitrogens is 2. The van der Waals surface area contributed by atoms with Gasteiger partial charge in [0.25, 0.3) is 0 Å². The van der Waals surface area contributed by atoms with Crippen molar-refractivity contribution in [2.24, 2.45) is 0 Å². The minimum Gasteiger partial charge on any atom is -0.316 e. The standard InChI is InChI=1S/C18H21N3/c1-4-14-6-5-7-15(12-14)18-17-9-8-16(13-20(2)3)21(17)11-10-19-18/h5-12H,4,13H2,1-3H3. The molecule has 2 heterocycles. The number of hydrogen-bond donors (Lipinski definition) is 0. The highest BCUT2D eigenvalue weighted by Gasteiger charge is 2.09. The largest absolute Gasteiger partial charge is 0.316 e. The summed E-state index contributed by atoms with van der Waals surface area (Å²) in [7, 11) is 4.18. The molecule has 0 aliphatic rings. The second-order valence-electron chi connectivity index (χ2n) is 5.65. The predicted molar refractivity (Wildman–Crippen MR) is 87.4 cm³/mol. The van der Waals surface area contributed by atoms with Crippen molar-refractivity contribution in [1.29, 1.82) is 0 Å². The maximum atomic E-state index is 4.61. The van der Waals surface area contributed by atoms with Crippen LogP contribution < -0.4 is 0 Å². The molecule has 108 valence electrons. The number of rotatable bonds is 4. The third kappa shape index (κ3) is 2.69. The van der Waals surface area contributed by atoms with Gasteiger partial charge in [0.15, 0.2) is 0 Å². The van der Waals surface area contributed by atoms with Crippen molar-refractivity contribution in [2.75, 3.05) is 14.1 Å². The van der Waals surface area contributed by atoms with Gasteiger partial charge in [-0.05, 0) is 44.3 Å². The maximum Gasteiger partial charge on any atom is 0.0942 e. The SMILES string of the molecule is CCc1cccc(-c2nccn3c(CN(C)C)ccc23)c1. The van der Waals surface area contributed by atoms with Crippen LogP contribution in [-0.4, -0.2) is 28.4 Å². The maximum absolute atomic E-state index is 4.61. The van der Waals surface area contributed by atoms with Crippen LogP contribution in [0, 0.1) is 0 Å². The minimum atomic E-state index is 0.923. The Bertz CT molecular complexity index is 756. The van der Waals surface area contributed by atoms with Gasteiger partial charge < -0.3 is 9.30 Å². The molecule has 0 amide bonds. The molecule has 0 aliphatic carbocycles. The van der Waals surface area contributed by atoms with E-state index in [1.807, 2.05) is 12.4 Å². The lowest BCUT2D eigenvalue weighted by Crippen LogP contribution is -2.12. The van der Waals surface area contributed by atoms with Crippen LogP contribution in [0.15, 0.2) is 48.8 Å². The Hall–Kier alpha value is -2.13. The molecule has 3 nitrogen and oxygen atoms in total. The zero-order chi connectivity index (χ0) is 14.8. The van der Waals surface area contributed by atoms with Gasteiger partial charge in [-0.3, -0.25) is 4.98 Å². The molecule has 0 fully saturated rings. The van der Waals surface area contributed by atoms with E-state index in [4.69, 9.17) is 0 Å². The molecule has 0 radical (unpaired) electrons. The fraction of sp³-hybridized carbons (Fsp3) is 0.278. The number of hydrogen-bond acceptors (Lipinski definition) is 2. The first-order valence-electron chi connectivity index (χ1n) is 7.38. The molecular formula is C18H21N3. The van der Waals surface area contributed by atoms with Gasteiger partial charge in [-0.15, -0.1) is 0 Å². The van der Waals surface area contributed by atoms with Gasteiger partial charge in [-0.25, -0.2) is 0 Å². The van der Waals surface area contributed by atoms with Gasteiger partial charge >= 0.3 is 0 Å². The highest BCUT2D eigenvalue weighted by atomic mass is 15.1. The summed E-state index contributed by atoms with van der Waals surface area (Å²) in [6, 6.07) is 13.0. The number of aryl methyl sites for hydroxylation is 1. The average Bonchev–Trinajstić information content (AvgIpc) is 2.90. The molecule has 0 aliphatic heterocycles. The summed E-state index contributed by atoms with van der Waals surface area (Å²) in [6.07, 6.45) is 4.98. The predicted octanol–water partition coefficient (Wildman–Crippen LogP) is 3.63. The zero-order valence-electron chi connectivity index (χ0n) is 12.9. The Morgan fingerprint density at radius 2 is 2.00 bits per heavy atom. The Balaban J connectivity index is 2.12. The van der Waals surface area contributed by atoms with E-state index in [9.17, 15) is 0 Å². The molecule has 3 heteroatoms. The van der Waals surface area contributed by atoms with E-state index in [1.165, 1.54) is 22.3 Å².